The van der Waals surface area contributed by atoms with Crippen LogP contribution in [-0.4, -0.2) is 36.3 Å². The quantitative estimate of drug-likeness (QED) is 0.701. The third-order valence-corrected chi connectivity index (χ3v) is 4.77. The van der Waals surface area contributed by atoms with Crippen LogP contribution in [0.25, 0.3) is 11.4 Å². The van der Waals surface area contributed by atoms with Crippen molar-refractivity contribution in [3.05, 3.63) is 66.7 Å². The highest BCUT2D eigenvalue weighted by Gasteiger charge is 2.16. The minimum Gasteiger partial charge on any atom is -0.376 e. The molecule has 1 atom stereocenters. The van der Waals surface area contributed by atoms with Gasteiger partial charge >= 0.3 is 0 Å². The molecule has 0 radical (unpaired) electrons. The molecule has 0 spiro atoms. The summed E-state index contributed by atoms with van der Waals surface area (Å²) < 4.78 is 5.72. The number of anilines is 3. The van der Waals surface area contributed by atoms with Crippen LogP contribution in [0, 0.1) is 0 Å². The molecule has 1 N–H and O–H groups in total. The van der Waals surface area contributed by atoms with E-state index in [9.17, 15) is 0 Å². The van der Waals surface area contributed by atoms with Crippen LogP contribution < -0.4 is 10.2 Å². The SMILES string of the molecule is CN(c1ccccc1)c1cc(NCC2CCCO2)nc(-c2ccccc2)n1. The molecule has 1 unspecified atom stereocenters. The second-order valence-corrected chi connectivity index (χ2v) is 6.71. The number of nitrogens with zero attached hydrogens (tertiary/aromatic N) is 3. The van der Waals surface area contributed by atoms with Crippen molar-refractivity contribution in [2.45, 2.75) is 18.9 Å². The van der Waals surface area contributed by atoms with E-state index in [0.29, 0.717) is 5.82 Å². The second-order valence-electron chi connectivity index (χ2n) is 6.71. The second kappa shape index (κ2) is 8.18. The molecule has 0 amide bonds. The summed E-state index contributed by atoms with van der Waals surface area (Å²) in [6.07, 6.45) is 2.49. The zero-order valence-corrected chi connectivity index (χ0v) is 15.5. The largest absolute Gasteiger partial charge is 0.376 e. The molecule has 27 heavy (non-hydrogen) atoms. The van der Waals surface area contributed by atoms with E-state index >= 15 is 0 Å². The van der Waals surface area contributed by atoms with Crippen molar-refractivity contribution in [2.24, 2.45) is 0 Å². The van der Waals surface area contributed by atoms with Gasteiger partial charge in [-0.2, -0.15) is 0 Å². The highest BCUT2D eigenvalue weighted by atomic mass is 16.5. The first kappa shape index (κ1) is 17.5. The fraction of sp³-hybridized carbons (Fsp3) is 0.273. The lowest BCUT2D eigenvalue weighted by molar-refractivity contribution is 0.120. The Hall–Kier alpha value is -2.92. The van der Waals surface area contributed by atoms with Crippen LogP contribution in [0.5, 0.6) is 0 Å². The van der Waals surface area contributed by atoms with E-state index in [1.165, 1.54) is 0 Å². The van der Waals surface area contributed by atoms with Gasteiger partial charge in [0.1, 0.15) is 11.6 Å². The normalized spacial score (nSPS) is 16.3. The number of nitrogens with one attached hydrogen (secondary N) is 1. The summed E-state index contributed by atoms with van der Waals surface area (Å²) in [7, 11) is 2.02. The van der Waals surface area contributed by atoms with Gasteiger partial charge in [0.15, 0.2) is 5.82 Å². The summed E-state index contributed by atoms with van der Waals surface area (Å²) in [6.45, 7) is 1.62. The van der Waals surface area contributed by atoms with Crippen molar-refractivity contribution in [3.8, 4) is 11.4 Å². The van der Waals surface area contributed by atoms with Crippen molar-refractivity contribution in [1.82, 2.24) is 9.97 Å². The highest BCUT2D eigenvalue weighted by molar-refractivity contribution is 5.66. The maximum atomic E-state index is 5.72. The Morgan fingerprint density at radius 3 is 2.48 bits per heavy atom. The molecule has 1 fully saturated rings. The molecule has 5 nitrogen and oxygen atoms in total. The van der Waals surface area contributed by atoms with Gasteiger partial charge < -0.3 is 15.0 Å². The van der Waals surface area contributed by atoms with Crippen LogP contribution in [0.1, 0.15) is 12.8 Å². The lowest BCUT2D eigenvalue weighted by Gasteiger charge is -2.20. The number of benzene rings is 2. The first-order valence-electron chi connectivity index (χ1n) is 9.38. The molecule has 2 heterocycles. The average molecular weight is 360 g/mol. The maximum absolute atomic E-state index is 5.72. The van der Waals surface area contributed by atoms with E-state index < -0.39 is 0 Å². The first-order chi connectivity index (χ1) is 13.3. The minimum atomic E-state index is 0.260. The average Bonchev–Trinajstić information content (AvgIpc) is 3.26. The van der Waals surface area contributed by atoms with Gasteiger partial charge in [0.2, 0.25) is 0 Å². The maximum Gasteiger partial charge on any atom is 0.163 e. The van der Waals surface area contributed by atoms with Crippen LogP contribution in [0.3, 0.4) is 0 Å². The zero-order chi connectivity index (χ0) is 18.5. The van der Waals surface area contributed by atoms with Gasteiger partial charge in [-0.25, -0.2) is 9.97 Å². The molecule has 138 valence electrons. The third-order valence-electron chi connectivity index (χ3n) is 4.77. The topological polar surface area (TPSA) is 50.3 Å². The smallest absolute Gasteiger partial charge is 0.163 e. The molecule has 1 aromatic heterocycles. The number of para-hydroxylation sites is 1. The molecule has 2 aromatic carbocycles. The van der Waals surface area contributed by atoms with Gasteiger partial charge in [-0.15, -0.1) is 0 Å². The Labute approximate surface area is 160 Å². The molecule has 0 bridgehead atoms. The molecule has 1 aliphatic rings. The number of rotatable bonds is 6. The van der Waals surface area contributed by atoms with E-state index in [-0.39, 0.29) is 6.10 Å². The zero-order valence-electron chi connectivity index (χ0n) is 15.5. The Kier molecular flexibility index (Phi) is 5.30. The Balaban J connectivity index is 1.65. The standard InChI is InChI=1S/C22H24N4O/c1-26(18-11-6-3-7-12-18)21-15-20(23-16-19-13-8-14-27-19)24-22(25-21)17-9-4-2-5-10-17/h2-7,9-12,15,19H,8,13-14,16H2,1H3,(H,23,24,25). The predicted octanol–water partition coefficient (Wildman–Crippen LogP) is 4.50. The molecule has 1 aliphatic heterocycles. The van der Waals surface area contributed by atoms with Crippen LogP contribution in [0.2, 0.25) is 0 Å². The number of aromatic nitrogens is 2. The Bertz CT molecular complexity index is 864. The predicted molar refractivity (Wildman–Crippen MR) is 109 cm³/mol. The van der Waals surface area contributed by atoms with E-state index in [4.69, 9.17) is 14.7 Å². The minimum absolute atomic E-state index is 0.260. The van der Waals surface area contributed by atoms with Gasteiger partial charge in [0.25, 0.3) is 0 Å². The van der Waals surface area contributed by atoms with Crippen LogP contribution in [0.4, 0.5) is 17.3 Å². The number of ether oxygens (including phenoxy) is 1. The van der Waals surface area contributed by atoms with Crippen molar-refractivity contribution < 1.29 is 4.74 Å². The molecule has 5 heteroatoms. The van der Waals surface area contributed by atoms with Crippen LogP contribution >= 0.6 is 0 Å². The summed E-state index contributed by atoms with van der Waals surface area (Å²) in [4.78, 5) is 11.6. The van der Waals surface area contributed by atoms with E-state index in [0.717, 1.165) is 48.9 Å². The molecule has 0 aliphatic carbocycles. The van der Waals surface area contributed by atoms with E-state index in [1.54, 1.807) is 0 Å². The monoisotopic (exact) mass is 360 g/mol. The van der Waals surface area contributed by atoms with Crippen molar-refractivity contribution in [2.75, 3.05) is 30.4 Å². The van der Waals surface area contributed by atoms with Crippen molar-refractivity contribution >= 4 is 17.3 Å². The van der Waals surface area contributed by atoms with Gasteiger partial charge in [0, 0.05) is 37.5 Å². The molecular formula is C22H24N4O. The summed E-state index contributed by atoms with van der Waals surface area (Å²) in [6, 6.07) is 22.3. The summed E-state index contributed by atoms with van der Waals surface area (Å²) in [5.41, 5.74) is 2.08. The van der Waals surface area contributed by atoms with Crippen molar-refractivity contribution in [1.29, 1.82) is 0 Å². The lowest BCUT2D eigenvalue weighted by atomic mass is 10.2. The Morgan fingerprint density at radius 2 is 1.78 bits per heavy atom. The summed E-state index contributed by atoms with van der Waals surface area (Å²) >= 11 is 0. The first-order valence-corrected chi connectivity index (χ1v) is 9.38. The van der Waals surface area contributed by atoms with Crippen molar-refractivity contribution in [3.63, 3.8) is 0 Å². The van der Waals surface area contributed by atoms with Crippen LogP contribution in [-0.2, 0) is 4.74 Å². The van der Waals surface area contributed by atoms with Gasteiger partial charge in [-0.05, 0) is 25.0 Å². The molecule has 3 aromatic rings. The number of hydrogen-bond donors (Lipinski definition) is 1. The lowest BCUT2D eigenvalue weighted by Crippen LogP contribution is -2.20. The number of hydrogen-bond acceptors (Lipinski definition) is 5. The van der Waals surface area contributed by atoms with E-state index in [1.807, 2.05) is 61.6 Å². The molecule has 0 saturated carbocycles. The molecular weight excluding hydrogens is 336 g/mol. The molecule has 4 rings (SSSR count). The molecule has 1 saturated heterocycles. The fourth-order valence-corrected chi connectivity index (χ4v) is 3.22. The summed E-state index contributed by atoms with van der Waals surface area (Å²) in [5, 5.41) is 3.44. The van der Waals surface area contributed by atoms with E-state index in [2.05, 4.69) is 22.3 Å². The highest BCUT2D eigenvalue weighted by Crippen LogP contribution is 2.27. The summed E-state index contributed by atoms with van der Waals surface area (Å²) in [5.74, 6) is 2.38. The van der Waals surface area contributed by atoms with Crippen LogP contribution in [0.15, 0.2) is 66.7 Å². The van der Waals surface area contributed by atoms with Gasteiger partial charge in [0.05, 0.1) is 6.10 Å². The fourth-order valence-electron chi connectivity index (χ4n) is 3.22. The Morgan fingerprint density at radius 1 is 1.04 bits per heavy atom. The third kappa shape index (κ3) is 4.26. The van der Waals surface area contributed by atoms with Gasteiger partial charge in [-0.3, -0.25) is 0 Å². The van der Waals surface area contributed by atoms with Gasteiger partial charge in [-0.1, -0.05) is 48.5 Å².